The Morgan fingerprint density at radius 2 is 2.04 bits per heavy atom. The fourth-order valence-electron chi connectivity index (χ4n) is 2.78. The Kier molecular flexibility index (Phi) is 5.23. The molecule has 0 aliphatic carbocycles. The maximum absolute atomic E-state index is 12.7. The topological polar surface area (TPSA) is 72.4 Å². The van der Waals surface area contributed by atoms with Crippen LogP contribution in [0.3, 0.4) is 0 Å². The van der Waals surface area contributed by atoms with Crippen molar-refractivity contribution in [1.29, 1.82) is 0 Å². The van der Waals surface area contributed by atoms with Gasteiger partial charge in [0.25, 0.3) is 0 Å². The molecule has 6 nitrogen and oxygen atoms in total. The van der Waals surface area contributed by atoms with Gasteiger partial charge in [0.2, 0.25) is 10.0 Å². The second-order valence-electron chi connectivity index (χ2n) is 5.86. The van der Waals surface area contributed by atoms with Gasteiger partial charge in [-0.1, -0.05) is 18.2 Å². The molecule has 0 N–H and O–H groups in total. The first-order valence-electron chi connectivity index (χ1n) is 8.00. The third-order valence-corrected chi connectivity index (χ3v) is 5.94. The molecule has 24 heavy (non-hydrogen) atoms. The van der Waals surface area contributed by atoms with E-state index in [-0.39, 0.29) is 6.10 Å². The summed E-state index contributed by atoms with van der Waals surface area (Å²) in [5.74, 6) is 0. The molecule has 3 rings (SSSR count). The van der Waals surface area contributed by atoms with E-state index in [0.717, 1.165) is 24.2 Å². The van der Waals surface area contributed by atoms with Crippen molar-refractivity contribution in [2.75, 3.05) is 19.7 Å². The summed E-state index contributed by atoms with van der Waals surface area (Å²) in [4.78, 5) is 8.65. The highest BCUT2D eigenvalue weighted by atomic mass is 32.2. The van der Waals surface area contributed by atoms with E-state index in [2.05, 4.69) is 9.97 Å². The number of morpholine rings is 1. The Balaban J connectivity index is 1.64. The zero-order chi connectivity index (χ0) is 17.0. The highest BCUT2D eigenvalue weighted by Crippen LogP contribution is 2.20. The minimum Gasteiger partial charge on any atom is -0.375 e. The van der Waals surface area contributed by atoms with Crippen LogP contribution < -0.4 is 0 Å². The number of hydrogen-bond donors (Lipinski definition) is 0. The number of hydrogen-bond acceptors (Lipinski definition) is 5. The van der Waals surface area contributed by atoms with Gasteiger partial charge in [0.05, 0.1) is 17.6 Å². The molecule has 1 unspecified atom stereocenters. The minimum absolute atomic E-state index is 0.118. The number of rotatable bonds is 5. The molecule has 2 heterocycles. The molecule has 1 aliphatic rings. The summed E-state index contributed by atoms with van der Waals surface area (Å²) in [5.41, 5.74) is 1.88. The van der Waals surface area contributed by atoms with Gasteiger partial charge in [-0.05, 0) is 38.0 Å². The smallest absolute Gasteiger partial charge is 0.243 e. The third kappa shape index (κ3) is 3.98. The Morgan fingerprint density at radius 1 is 1.25 bits per heavy atom. The largest absolute Gasteiger partial charge is 0.375 e. The van der Waals surface area contributed by atoms with Gasteiger partial charge < -0.3 is 4.74 Å². The van der Waals surface area contributed by atoms with Crippen LogP contribution >= 0.6 is 0 Å². The number of benzene rings is 1. The first kappa shape index (κ1) is 17.0. The normalized spacial score (nSPS) is 19.3. The predicted molar refractivity (Wildman–Crippen MR) is 90.0 cm³/mol. The quantitative estimate of drug-likeness (QED) is 0.825. The summed E-state index contributed by atoms with van der Waals surface area (Å²) in [5, 5.41) is 0. The van der Waals surface area contributed by atoms with Crippen LogP contribution in [0.15, 0.2) is 47.6 Å². The van der Waals surface area contributed by atoms with Crippen LogP contribution in [-0.4, -0.2) is 48.5 Å². The molecule has 0 radical (unpaired) electrons. The lowest BCUT2D eigenvalue weighted by molar-refractivity contribution is -0.00538. The second kappa shape index (κ2) is 7.38. The summed E-state index contributed by atoms with van der Waals surface area (Å²) in [6, 6.07) is 10.5. The van der Waals surface area contributed by atoms with Crippen LogP contribution in [0.4, 0.5) is 0 Å². The molecule has 0 spiro atoms. The highest BCUT2D eigenvalue weighted by molar-refractivity contribution is 7.89. The van der Waals surface area contributed by atoms with Crippen molar-refractivity contribution in [3.05, 3.63) is 54.1 Å². The summed E-state index contributed by atoms with van der Waals surface area (Å²) in [6.45, 7) is 3.11. The Labute approximate surface area is 142 Å². The third-order valence-electron chi connectivity index (χ3n) is 4.07. The van der Waals surface area contributed by atoms with E-state index in [1.165, 1.54) is 4.31 Å². The van der Waals surface area contributed by atoms with E-state index in [0.29, 0.717) is 24.6 Å². The van der Waals surface area contributed by atoms with Gasteiger partial charge in [-0.25, -0.2) is 18.4 Å². The molecule has 0 amide bonds. The molecular formula is C17H21N3O3S. The first-order chi connectivity index (χ1) is 11.6. The van der Waals surface area contributed by atoms with Crippen molar-refractivity contribution in [1.82, 2.24) is 14.3 Å². The summed E-state index contributed by atoms with van der Waals surface area (Å²) >= 11 is 0. The molecule has 1 fully saturated rings. The van der Waals surface area contributed by atoms with Gasteiger partial charge in [0.15, 0.2) is 0 Å². The average Bonchev–Trinajstić information content (AvgIpc) is 2.61. The van der Waals surface area contributed by atoms with Crippen molar-refractivity contribution in [2.45, 2.75) is 30.8 Å². The van der Waals surface area contributed by atoms with E-state index in [1.807, 2.05) is 19.1 Å². The van der Waals surface area contributed by atoms with Crippen LogP contribution in [-0.2, 0) is 21.2 Å². The van der Waals surface area contributed by atoms with Gasteiger partial charge in [0.1, 0.15) is 6.33 Å². The fourth-order valence-corrected chi connectivity index (χ4v) is 4.26. The highest BCUT2D eigenvalue weighted by Gasteiger charge is 2.30. The Morgan fingerprint density at radius 3 is 2.79 bits per heavy atom. The maximum atomic E-state index is 12.7. The SMILES string of the molecule is Cc1cc(CCC2CN(S(=O)(=O)c3ccccc3)CCO2)ncn1. The Hall–Kier alpha value is -1.83. The van der Waals surface area contributed by atoms with E-state index in [1.54, 1.807) is 30.6 Å². The molecule has 2 aromatic rings. The zero-order valence-corrected chi connectivity index (χ0v) is 14.4. The summed E-state index contributed by atoms with van der Waals surface area (Å²) in [6.07, 6.45) is 2.91. The maximum Gasteiger partial charge on any atom is 0.243 e. The van der Waals surface area contributed by atoms with E-state index in [9.17, 15) is 8.42 Å². The molecule has 1 saturated heterocycles. The van der Waals surface area contributed by atoms with Crippen molar-refractivity contribution >= 4 is 10.0 Å². The zero-order valence-electron chi connectivity index (χ0n) is 13.6. The van der Waals surface area contributed by atoms with E-state index in [4.69, 9.17) is 4.74 Å². The Bertz CT molecular complexity index is 781. The van der Waals surface area contributed by atoms with Crippen molar-refractivity contribution in [2.24, 2.45) is 0 Å². The lowest BCUT2D eigenvalue weighted by atomic mass is 10.1. The number of nitrogens with zero attached hydrogens (tertiary/aromatic N) is 3. The first-order valence-corrected chi connectivity index (χ1v) is 9.44. The molecule has 0 bridgehead atoms. The van der Waals surface area contributed by atoms with Crippen molar-refractivity contribution < 1.29 is 13.2 Å². The molecule has 1 atom stereocenters. The van der Waals surface area contributed by atoms with Crippen LogP contribution in [0.25, 0.3) is 0 Å². The predicted octanol–water partition coefficient (Wildman–Crippen LogP) is 1.81. The lowest BCUT2D eigenvalue weighted by Crippen LogP contribution is -2.45. The molecule has 1 aliphatic heterocycles. The minimum atomic E-state index is -3.46. The molecule has 7 heteroatoms. The molecule has 1 aromatic carbocycles. The lowest BCUT2D eigenvalue weighted by Gasteiger charge is -2.32. The molecule has 0 saturated carbocycles. The average molecular weight is 347 g/mol. The van der Waals surface area contributed by atoms with Crippen LogP contribution in [0.2, 0.25) is 0 Å². The monoisotopic (exact) mass is 347 g/mol. The molecule has 1 aromatic heterocycles. The van der Waals surface area contributed by atoms with Gasteiger partial charge in [-0.3, -0.25) is 0 Å². The molecule has 128 valence electrons. The fraction of sp³-hybridized carbons (Fsp3) is 0.412. The number of aromatic nitrogens is 2. The van der Waals surface area contributed by atoms with Crippen LogP contribution in [0.5, 0.6) is 0 Å². The number of ether oxygens (including phenoxy) is 1. The van der Waals surface area contributed by atoms with E-state index < -0.39 is 10.0 Å². The summed E-state index contributed by atoms with van der Waals surface area (Å²) in [7, 11) is -3.46. The van der Waals surface area contributed by atoms with Gasteiger partial charge in [0, 0.05) is 24.5 Å². The number of sulfonamides is 1. The van der Waals surface area contributed by atoms with Gasteiger partial charge >= 0.3 is 0 Å². The summed E-state index contributed by atoms with van der Waals surface area (Å²) < 4.78 is 32.7. The van der Waals surface area contributed by atoms with Crippen molar-refractivity contribution in [3.63, 3.8) is 0 Å². The number of aryl methyl sites for hydroxylation is 2. The van der Waals surface area contributed by atoms with Crippen LogP contribution in [0.1, 0.15) is 17.8 Å². The van der Waals surface area contributed by atoms with Crippen molar-refractivity contribution in [3.8, 4) is 0 Å². The van der Waals surface area contributed by atoms with Crippen LogP contribution in [0, 0.1) is 6.92 Å². The van der Waals surface area contributed by atoms with Gasteiger partial charge in [-0.2, -0.15) is 4.31 Å². The standard InChI is InChI=1S/C17H21N3O3S/c1-14-11-15(19-13-18-14)7-8-16-12-20(9-10-23-16)24(21,22)17-5-3-2-4-6-17/h2-6,11,13,16H,7-10,12H2,1H3. The van der Waals surface area contributed by atoms with Gasteiger partial charge in [-0.15, -0.1) is 0 Å². The second-order valence-corrected chi connectivity index (χ2v) is 7.80. The molecular weight excluding hydrogens is 326 g/mol. The van der Waals surface area contributed by atoms with E-state index >= 15 is 0 Å².